The van der Waals surface area contributed by atoms with Gasteiger partial charge < -0.3 is 4.90 Å². The molecule has 1 unspecified atom stereocenters. The van der Waals surface area contributed by atoms with Crippen molar-refractivity contribution in [3.63, 3.8) is 0 Å². The molecule has 0 radical (unpaired) electrons. The van der Waals surface area contributed by atoms with Gasteiger partial charge in [0.15, 0.2) is 15.6 Å². The quantitative estimate of drug-likeness (QED) is 0.675. The van der Waals surface area contributed by atoms with Gasteiger partial charge in [-0.1, -0.05) is 12.1 Å². The molecule has 1 aromatic rings. The van der Waals surface area contributed by atoms with Crippen LogP contribution in [0.5, 0.6) is 0 Å². The summed E-state index contributed by atoms with van der Waals surface area (Å²) in [7, 11) is -5.57. The molecule has 0 bridgehead atoms. The molecule has 1 aliphatic rings. The highest BCUT2D eigenvalue weighted by Crippen LogP contribution is 2.16. The van der Waals surface area contributed by atoms with Gasteiger partial charge in [-0.15, -0.1) is 0 Å². The maximum atomic E-state index is 12.2. The fourth-order valence-electron chi connectivity index (χ4n) is 2.52. The van der Waals surface area contributed by atoms with E-state index in [1.165, 1.54) is 43.1 Å². The molecule has 138 valence electrons. The van der Waals surface area contributed by atoms with Crippen molar-refractivity contribution in [1.82, 2.24) is 9.62 Å². The number of nitrogens with one attached hydrogen (secondary N) is 1. The first-order valence-electron chi connectivity index (χ1n) is 7.58. The maximum Gasteiger partial charge on any atom is 0.241 e. The van der Waals surface area contributed by atoms with Crippen molar-refractivity contribution >= 4 is 31.6 Å². The number of ketones is 1. The van der Waals surface area contributed by atoms with Gasteiger partial charge in [0.05, 0.1) is 22.9 Å². The van der Waals surface area contributed by atoms with Crippen molar-refractivity contribution in [2.75, 3.05) is 25.1 Å². The third kappa shape index (κ3) is 4.86. The van der Waals surface area contributed by atoms with Crippen molar-refractivity contribution in [2.24, 2.45) is 0 Å². The van der Waals surface area contributed by atoms with Crippen LogP contribution < -0.4 is 4.72 Å². The number of hydrogen-bond donors (Lipinski definition) is 1. The minimum absolute atomic E-state index is 0.0313. The SMILES string of the molecule is CC(=O)c1ccc(S(=O)(=O)NCC(=O)N(C)C2CCS(=O)(=O)C2)cc1. The van der Waals surface area contributed by atoms with Gasteiger partial charge in [0.1, 0.15) is 0 Å². The highest BCUT2D eigenvalue weighted by molar-refractivity contribution is 7.91. The number of carbonyl (C=O) groups excluding carboxylic acids is 2. The zero-order chi connectivity index (χ0) is 18.8. The van der Waals surface area contributed by atoms with E-state index in [4.69, 9.17) is 0 Å². The van der Waals surface area contributed by atoms with E-state index >= 15 is 0 Å². The zero-order valence-corrected chi connectivity index (χ0v) is 15.6. The summed E-state index contributed by atoms with van der Waals surface area (Å²) in [5.41, 5.74) is 0.386. The van der Waals surface area contributed by atoms with E-state index in [-0.39, 0.29) is 22.2 Å². The largest absolute Gasteiger partial charge is 0.341 e. The molecule has 0 saturated carbocycles. The number of likely N-dealkylation sites (N-methyl/N-ethyl adjacent to an activating group) is 1. The summed E-state index contributed by atoms with van der Waals surface area (Å²) < 4.78 is 49.5. The van der Waals surface area contributed by atoms with Crippen molar-refractivity contribution in [2.45, 2.75) is 24.3 Å². The van der Waals surface area contributed by atoms with Crippen LogP contribution in [0.2, 0.25) is 0 Å². The molecule has 2 rings (SSSR count). The Morgan fingerprint density at radius 1 is 1.24 bits per heavy atom. The number of sulfonamides is 1. The molecule has 1 N–H and O–H groups in total. The van der Waals surface area contributed by atoms with Crippen LogP contribution in [0, 0.1) is 0 Å². The summed E-state index contributed by atoms with van der Waals surface area (Å²) in [5, 5.41) is 0. The Morgan fingerprint density at radius 3 is 2.32 bits per heavy atom. The van der Waals surface area contributed by atoms with Gasteiger partial charge in [-0.25, -0.2) is 21.6 Å². The van der Waals surface area contributed by atoms with E-state index in [1.807, 2.05) is 0 Å². The van der Waals surface area contributed by atoms with Gasteiger partial charge in [0.25, 0.3) is 0 Å². The average Bonchev–Trinajstić information content (AvgIpc) is 2.92. The number of hydrogen-bond acceptors (Lipinski definition) is 6. The fourth-order valence-corrected chi connectivity index (χ4v) is 5.27. The van der Waals surface area contributed by atoms with Crippen molar-refractivity contribution < 1.29 is 26.4 Å². The summed E-state index contributed by atoms with van der Waals surface area (Å²) >= 11 is 0. The summed E-state index contributed by atoms with van der Waals surface area (Å²) in [6.45, 7) is 0.906. The number of nitrogens with zero attached hydrogens (tertiary/aromatic N) is 1. The zero-order valence-electron chi connectivity index (χ0n) is 13.9. The van der Waals surface area contributed by atoms with Gasteiger partial charge >= 0.3 is 0 Å². The van der Waals surface area contributed by atoms with Crippen LogP contribution in [-0.2, 0) is 24.7 Å². The summed E-state index contributed by atoms with van der Waals surface area (Å²) in [6, 6.07) is 4.94. The Bertz CT molecular complexity index is 875. The van der Waals surface area contributed by atoms with Crippen LogP contribution in [0.1, 0.15) is 23.7 Å². The van der Waals surface area contributed by atoms with E-state index < -0.39 is 38.4 Å². The Hall–Kier alpha value is -1.78. The molecule has 1 aromatic carbocycles. The molecule has 8 nitrogen and oxygen atoms in total. The smallest absolute Gasteiger partial charge is 0.241 e. The first-order valence-corrected chi connectivity index (χ1v) is 10.9. The third-order valence-corrected chi connectivity index (χ3v) is 7.30. The molecule has 25 heavy (non-hydrogen) atoms. The highest BCUT2D eigenvalue weighted by Gasteiger charge is 2.32. The minimum atomic E-state index is -3.90. The van der Waals surface area contributed by atoms with Gasteiger partial charge in [0.2, 0.25) is 15.9 Å². The van der Waals surface area contributed by atoms with E-state index in [0.29, 0.717) is 12.0 Å². The number of carbonyl (C=O) groups is 2. The first-order chi connectivity index (χ1) is 11.5. The number of Topliss-reactive ketones (excluding diaryl/α,β-unsaturated/α-hetero) is 1. The average molecular weight is 388 g/mol. The lowest BCUT2D eigenvalue weighted by Crippen LogP contribution is -2.43. The van der Waals surface area contributed by atoms with E-state index in [9.17, 15) is 26.4 Å². The summed E-state index contributed by atoms with van der Waals surface area (Å²) in [6.07, 6.45) is 0.351. The molecule has 10 heteroatoms. The van der Waals surface area contributed by atoms with Crippen LogP contribution in [-0.4, -0.2) is 64.6 Å². The van der Waals surface area contributed by atoms with Crippen LogP contribution in [0.3, 0.4) is 0 Å². The Kier molecular flexibility index (Phi) is 5.65. The van der Waals surface area contributed by atoms with Crippen LogP contribution in [0.15, 0.2) is 29.2 Å². The lowest BCUT2D eigenvalue weighted by molar-refractivity contribution is -0.130. The summed E-state index contributed by atoms with van der Waals surface area (Å²) in [5.74, 6) is -0.760. The molecule has 1 atom stereocenters. The van der Waals surface area contributed by atoms with Crippen LogP contribution >= 0.6 is 0 Å². The molecule has 1 fully saturated rings. The van der Waals surface area contributed by atoms with Crippen molar-refractivity contribution in [3.05, 3.63) is 29.8 Å². The molecular formula is C15H20N2O6S2. The van der Waals surface area contributed by atoms with E-state index in [0.717, 1.165) is 0 Å². The van der Waals surface area contributed by atoms with Gasteiger partial charge in [0, 0.05) is 18.7 Å². The molecule has 0 spiro atoms. The fraction of sp³-hybridized carbons (Fsp3) is 0.467. The van der Waals surface area contributed by atoms with Crippen molar-refractivity contribution in [3.8, 4) is 0 Å². The first kappa shape index (κ1) is 19.5. The second-order valence-electron chi connectivity index (χ2n) is 5.97. The van der Waals surface area contributed by atoms with Crippen LogP contribution in [0.4, 0.5) is 0 Å². The molecule has 1 amide bonds. The predicted octanol–water partition coefficient (Wildman–Crippen LogP) is -0.187. The topological polar surface area (TPSA) is 118 Å². The molecule has 0 aromatic heterocycles. The number of amides is 1. The van der Waals surface area contributed by atoms with Gasteiger partial charge in [-0.05, 0) is 25.5 Å². The molecule has 1 saturated heterocycles. The molecule has 1 aliphatic heterocycles. The van der Waals surface area contributed by atoms with Crippen LogP contribution in [0.25, 0.3) is 0 Å². The van der Waals surface area contributed by atoms with Crippen molar-refractivity contribution in [1.29, 1.82) is 0 Å². The Labute approximate surface area is 147 Å². The van der Waals surface area contributed by atoms with Gasteiger partial charge in [-0.2, -0.15) is 0 Å². The number of rotatable bonds is 6. The predicted molar refractivity (Wildman–Crippen MR) is 91.5 cm³/mol. The van der Waals surface area contributed by atoms with E-state index in [1.54, 1.807) is 0 Å². The van der Waals surface area contributed by atoms with E-state index in [2.05, 4.69) is 4.72 Å². The lowest BCUT2D eigenvalue weighted by Gasteiger charge is -2.23. The molecule has 0 aliphatic carbocycles. The maximum absolute atomic E-state index is 12.2. The Morgan fingerprint density at radius 2 is 1.84 bits per heavy atom. The van der Waals surface area contributed by atoms with Gasteiger partial charge in [-0.3, -0.25) is 9.59 Å². The monoisotopic (exact) mass is 388 g/mol. The lowest BCUT2D eigenvalue weighted by atomic mass is 10.2. The standard InChI is InChI=1S/C15H20N2O6S2/c1-11(18)12-3-5-14(6-4-12)25(22,23)16-9-15(19)17(2)13-7-8-24(20,21)10-13/h3-6,13,16H,7-10H2,1-2H3. The molecular weight excluding hydrogens is 368 g/mol. The number of sulfone groups is 1. The normalized spacial score (nSPS) is 19.5. The second-order valence-corrected chi connectivity index (χ2v) is 9.96. The third-order valence-electron chi connectivity index (χ3n) is 4.13. The molecule has 1 heterocycles. The second kappa shape index (κ2) is 7.22. The summed E-state index contributed by atoms with van der Waals surface area (Å²) in [4.78, 5) is 24.5. The number of benzene rings is 1. The highest BCUT2D eigenvalue weighted by atomic mass is 32.2. The minimum Gasteiger partial charge on any atom is -0.341 e. The Balaban J connectivity index is 1.99.